The molecule has 1 unspecified atom stereocenters. The third-order valence-electron chi connectivity index (χ3n) is 2.78. The van der Waals surface area contributed by atoms with Crippen LogP contribution in [0.4, 0.5) is 0 Å². The Bertz CT molecular complexity index is 535. The van der Waals surface area contributed by atoms with Crippen molar-refractivity contribution in [3.8, 4) is 5.75 Å². The lowest BCUT2D eigenvalue weighted by molar-refractivity contribution is -0.162. The van der Waals surface area contributed by atoms with Gasteiger partial charge in [-0.1, -0.05) is 0 Å². The summed E-state index contributed by atoms with van der Waals surface area (Å²) in [6, 6.07) is 3.29. The van der Waals surface area contributed by atoms with Gasteiger partial charge in [-0.3, -0.25) is 4.79 Å². The van der Waals surface area contributed by atoms with Crippen LogP contribution < -0.4 is 10.5 Å². The number of ether oxygens (including phenoxy) is 2. The number of aryl methyl sites for hydroxylation is 2. The summed E-state index contributed by atoms with van der Waals surface area (Å²) in [5.74, 6) is -0.355. The number of carbonyl (C=O) groups excluding carboxylic acids is 2. The molecular formula is C16H23NO4. The smallest absolute Gasteiger partial charge is 0.347 e. The fraction of sp³-hybridized carbons (Fsp3) is 0.500. The molecule has 21 heavy (non-hydrogen) atoms. The number of nitrogens with two attached hydrogens (primary N) is 1. The molecule has 0 fully saturated rings. The minimum Gasteiger partial charge on any atom is -0.478 e. The highest BCUT2D eigenvalue weighted by Gasteiger charge is 2.24. The molecule has 1 amide bonds. The summed E-state index contributed by atoms with van der Waals surface area (Å²) in [6.45, 7) is 10.6. The molecule has 1 aromatic carbocycles. The Balaban J connectivity index is 2.93. The Morgan fingerprint density at radius 1 is 1.14 bits per heavy atom. The molecule has 0 aliphatic heterocycles. The van der Waals surface area contributed by atoms with Gasteiger partial charge in [0.2, 0.25) is 5.91 Å². The summed E-state index contributed by atoms with van der Waals surface area (Å²) >= 11 is 0. The lowest BCUT2D eigenvalue weighted by Crippen LogP contribution is -2.33. The quantitative estimate of drug-likeness (QED) is 0.865. The highest BCUT2D eigenvalue weighted by atomic mass is 16.6. The average Bonchev–Trinajstić information content (AvgIpc) is 2.30. The average molecular weight is 293 g/mol. The molecule has 116 valence electrons. The van der Waals surface area contributed by atoms with Crippen molar-refractivity contribution in [1.29, 1.82) is 0 Å². The SMILES string of the molecule is Cc1cc(C(N)=O)cc(C)c1OC(C)C(=O)OC(C)(C)C. The molecule has 2 N–H and O–H groups in total. The largest absolute Gasteiger partial charge is 0.478 e. The lowest BCUT2D eigenvalue weighted by Gasteiger charge is -2.23. The van der Waals surface area contributed by atoms with E-state index < -0.39 is 23.6 Å². The second-order valence-corrected chi connectivity index (χ2v) is 6.10. The maximum Gasteiger partial charge on any atom is 0.347 e. The van der Waals surface area contributed by atoms with E-state index in [0.29, 0.717) is 11.3 Å². The van der Waals surface area contributed by atoms with Gasteiger partial charge in [0.05, 0.1) is 0 Å². The molecule has 0 bridgehead atoms. The van der Waals surface area contributed by atoms with Gasteiger partial charge in [-0.15, -0.1) is 0 Å². The van der Waals surface area contributed by atoms with Crippen molar-refractivity contribution >= 4 is 11.9 Å². The Morgan fingerprint density at radius 2 is 1.62 bits per heavy atom. The van der Waals surface area contributed by atoms with Crippen molar-refractivity contribution in [1.82, 2.24) is 0 Å². The first-order chi connectivity index (χ1) is 9.51. The summed E-state index contributed by atoms with van der Waals surface area (Å²) in [7, 11) is 0. The van der Waals surface area contributed by atoms with Crippen LogP contribution in [-0.4, -0.2) is 23.6 Å². The summed E-state index contributed by atoms with van der Waals surface area (Å²) in [5.41, 5.74) is 6.62. The van der Waals surface area contributed by atoms with Crippen LogP contribution in [0, 0.1) is 13.8 Å². The molecule has 0 aliphatic carbocycles. The molecule has 1 atom stereocenters. The van der Waals surface area contributed by atoms with Crippen LogP contribution in [0.1, 0.15) is 49.2 Å². The number of amides is 1. The molecule has 0 spiro atoms. The molecule has 0 aliphatic rings. The number of esters is 1. The fourth-order valence-corrected chi connectivity index (χ4v) is 1.89. The molecule has 0 aromatic heterocycles. The lowest BCUT2D eigenvalue weighted by atomic mass is 10.1. The Hall–Kier alpha value is -2.04. The standard InChI is InChI=1S/C16H23NO4/c1-9-7-12(14(17)18)8-10(2)13(9)20-11(3)15(19)21-16(4,5)6/h7-8,11H,1-6H3,(H2,17,18). The summed E-state index contributed by atoms with van der Waals surface area (Å²) in [6.07, 6.45) is -0.735. The maximum absolute atomic E-state index is 11.9. The number of rotatable bonds is 4. The van der Waals surface area contributed by atoms with Crippen LogP contribution in [0.5, 0.6) is 5.75 Å². The molecule has 1 rings (SSSR count). The second-order valence-electron chi connectivity index (χ2n) is 6.10. The van der Waals surface area contributed by atoms with Gasteiger partial charge in [0, 0.05) is 5.56 Å². The van der Waals surface area contributed by atoms with Crippen molar-refractivity contribution in [2.24, 2.45) is 5.73 Å². The normalized spacial score (nSPS) is 12.7. The van der Waals surface area contributed by atoms with Crippen LogP contribution in [-0.2, 0) is 9.53 Å². The molecular weight excluding hydrogens is 270 g/mol. The van der Waals surface area contributed by atoms with Crippen molar-refractivity contribution in [2.75, 3.05) is 0 Å². The van der Waals surface area contributed by atoms with E-state index in [0.717, 1.165) is 11.1 Å². The topological polar surface area (TPSA) is 78.6 Å². The van der Waals surface area contributed by atoms with Gasteiger partial charge in [0.25, 0.3) is 0 Å². The number of hydrogen-bond acceptors (Lipinski definition) is 4. The Labute approximate surface area is 125 Å². The second kappa shape index (κ2) is 6.16. The van der Waals surface area contributed by atoms with Gasteiger partial charge < -0.3 is 15.2 Å². The molecule has 0 saturated carbocycles. The van der Waals surface area contributed by atoms with Gasteiger partial charge in [-0.2, -0.15) is 0 Å². The number of primary amides is 1. The zero-order valence-electron chi connectivity index (χ0n) is 13.4. The minimum atomic E-state index is -0.735. The van der Waals surface area contributed by atoms with Crippen LogP contribution in [0.25, 0.3) is 0 Å². The van der Waals surface area contributed by atoms with Crippen molar-refractivity contribution in [3.05, 3.63) is 28.8 Å². The van der Waals surface area contributed by atoms with Crippen LogP contribution in [0.2, 0.25) is 0 Å². The van der Waals surface area contributed by atoms with Gasteiger partial charge in [-0.05, 0) is 64.8 Å². The van der Waals surface area contributed by atoms with E-state index in [1.165, 1.54) is 0 Å². The van der Waals surface area contributed by atoms with Gasteiger partial charge in [-0.25, -0.2) is 4.79 Å². The molecule has 5 heteroatoms. The Kier molecular flexibility index (Phi) is 4.99. The van der Waals surface area contributed by atoms with Gasteiger partial charge in [0.15, 0.2) is 6.10 Å². The molecule has 0 radical (unpaired) electrons. The van der Waals surface area contributed by atoms with Crippen molar-refractivity contribution in [2.45, 2.75) is 53.2 Å². The molecule has 0 saturated heterocycles. The molecule has 1 aromatic rings. The van der Waals surface area contributed by atoms with Gasteiger partial charge >= 0.3 is 5.97 Å². The van der Waals surface area contributed by atoms with Crippen molar-refractivity contribution in [3.63, 3.8) is 0 Å². The fourth-order valence-electron chi connectivity index (χ4n) is 1.89. The zero-order chi connectivity index (χ0) is 16.4. The molecule has 5 nitrogen and oxygen atoms in total. The highest BCUT2D eigenvalue weighted by Crippen LogP contribution is 2.26. The van der Waals surface area contributed by atoms with E-state index in [1.54, 1.807) is 53.7 Å². The van der Waals surface area contributed by atoms with E-state index >= 15 is 0 Å². The zero-order valence-corrected chi connectivity index (χ0v) is 13.4. The summed E-state index contributed by atoms with van der Waals surface area (Å²) in [4.78, 5) is 23.2. The van der Waals surface area contributed by atoms with Gasteiger partial charge in [0.1, 0.15) is 11.4 Å². The first kappa shape index (κ1) is 17.0. The first-order valence-electron chi connectivity index (χ1n) is 6.82. The molecule has 0 heterocycles. The Morgan fingerprint density at radius 3 is 2.00 bits per heavy atom. The predicted octanol–water partition coefficient (Wildman–Crippen LogP) is 2.51. The van der Waals surface area contributed by atoms with Crippen LogP contribution >= 0.6 is 0 Å². The first-order valence-corrected chi connectivity index (χ1v) is 6.82. The third kappa shape index (κ3) is 4.77. The van der Waals surface area contributed by atoms with E-state index in [-0.39, 0.29) is 0 Å². The summed E-state index contributed by atoms with van der Waals surface area (Å²) in [5, 5.41) is 0. The summed E-state index contributed by atoms with van der Waals surface area (Å²) < 4.78 is 11.0. The van der Waals surface area contributed by atoms with E-state index in [1.807, 2.05) is 0 Å². The number of hydrogen-bond donors (Lipinski definition) is 1. The number of benzene rings is 1. The number of carbonyl (C=O) groups is 2. The highest BCUT2D eigenvalue weighted by molar-refractivity contribution is 5.93. The monoisotopic (exact) mass is 293 g/mol. The van der Waals surface area contributed by atoms with Crippen LogP contribution in [0.15, 0.2) is 12.1 Å². The van der Waals surface area contributed by atoms with Crippen molar-refractivity contribution < 1.29 is 19.1 Å². The van der Waals surface area contributed by atoms with Crippen LogP contribution in [0.3, 0.4) is 0 Å². The van der Waals surface area contributed by atoms with E-state index in [9.17, 15) is 9.59 Å². The van der Waals surface area contributed by atoms with E-state index in [4.69, 9.17) is 15.2 Å². The maximum atomic E-state index is 11.9. The third-order valence-corrected chi connectivity index (χ3v) is 2.78. The minimum absolute atomic E-state index is 0.419. The predicted molar refractivity (Wildman–Crippen MR) is 80.4 cm³/mol. The van der Waals surface area contributed by atoms with E-state index in [2.05, 4.69) is 0 Å².